The summed E-state index contributed by atoms with van der Waals surface area (Å²) in [6.07, 6.45) is 3.87. The van der Waals surface area contributed by atoms with E-state index >= 15 is 0 Å². The zero-order valence-electron chi connectivity index (χ0n) is 11.3. The van der Waals surface area contributed by atoms with Gasteiger partial charge in [0.15, 0.2) is 0 Å². The summed E-state index contributed by atoms with van der Waals surface area (Å²) in [7, 11) is 1.90. The predicted molar refractivity (Wildman–Crippen MR) is 74.2 cm³/mol. The zero-order valence-corrected chi connectivity index (χ0v) is 11.3. The molecule has 0 spiro atoms. The number of anilines is 1. The molecule has 2 rings (SSSR count). The quantitative estimate of drug-likeness (QED) is 0.662. The Morgan fingerprint density at radius 2 is 2.10 bits per heavy atom. The van der Waals surface area contributed by atoms with Crippen molar-refractivity contribution in [3.8, 4) is 6.07 Å². The highest BCUT2D eigenvalue weighted by Crippen LogP contribution is 2.26. The molecule has 0 saturated heterocycles. The van der Waals surface area contributed by atoms with Crippen LogP contribution in [0.3, 0.4) is 0 Å². The van der Waals surface area contributed by atoms with Crippen LogP contribution in [0.2, 0.25) is 0 Å². The lowest BCUT2D eigenvalue weighted by molar-refractivity contribution is -0.385. The fraction of sp³-hybridized carbons (Fsp3) is 0.538. The van der Waals surface area contributed by atoms with Crippen LogP contribution in [-0.2, 0) is 0 Å². The summed E-state index contributed by atoms with van der Waals surface area (Å²) in [6.45, 7) is 0. The normalized spacial score (nSPS) is 22.1. The van der Waals surface area contributed by atoms with Gasteiger partial charge in [0.25, 0.3) is 0 Å². The Morgan fingerprint density at radius 3 is 2.65 bits per heavy atom. The molecule has 7 heteroatoms. The van der Waals surface area contributed by atoms with Crippen molar-refractivity contribution in [1.82, 2.24) is 4.98 Å². The van der Waals surface area contributed by atoms with Crippen molar-refractivity contribution in [1.29, 1.82) is 5.26 Å². The average molecular weight is 275 g/mol. The first-order valence-electron chi connectivity index (χ1n) is 6.57. The Kier molecular flexibility index (Phi) is 4.15. The third-order valence-corrected chi connectivity index (χ3v) is 3.81. The maximum atomic E-state index is 10.8. The number of hydrogen-bond donors (Lipinski definition) is 1. The highest BCUT2D eigenvalue weighted by molar-refractivity contribution is 5.51. The Labute approximate surface area is 117 Å². The van der Waals surface area contributed by atoms with Gasteiger partial charge in [0.05, 0.1) is 4.92 Å². The van der Waals surface area contributed by atoms with Gasteiger partial charge in [0.1, 0.15) is 11.9 Å². The molecular weight excluding hydrogens is 258 g/mol. The minimum absolute atomic E-state index is 0.146. The van der Waals surface area contributed by atoms with Crippen molar-refractivity contribution in [3.63, 3.8) is 0 Å². The van der Waals surface area contributed by atoms with Gasteiger partial charge in [-0.3, -0.25) is 10.1 Å². The van der Waals surface area contributed by atoms with E-state index in [2.05, 4.69) is 4.98 Å². The van der Waals surface area contributed by atoms with Crippen LogP contribution in [0.1, 0.15) is 31.4 Å². The lowest BCUT2D eigenvalue weighted by Gasteiger charge is -2.34. The second-order valence-corrected chi connectivity index (χ2v) is 5.09. The maximum Gasteiger partial charge on any atom is 0.305 e. The Morgan fingerprint density at radius 1 is 1.45 bits per heavy atom. The number of pyridine rings is 1. The fourth-order valence-electron chi connectivity index (χ4n) is 2.54. The van der Waals surface area contributed by atoms with Gasteiger partial charge in [-0.15, -0.1) is 0 Å². The smallest absolute Gasteiger partial charge is 0.305 e. The number of nitriles is 1. The minimum atomic E-state index is -0.588. The third-order valence-electron chi connectivity index (χ3n) is 3.81. The molecule has 1 aliphatic rings. The van der Waals surface area contributed by atoms with Crippen LogP contribution in [0.25, 0.3) is 0 Å². The monoisotopic (exact) mass is 275 g/mol. The topological polar surface area (TPSA) is 109 Å². The van der Waals surface area contributed by atoms with E-state index in [1.54, 1.807) is 12.1 Å². The lowest BCUT2D eigenvalue weighted by atomic mass is 9.91. The first-order chi connectivity index (χ1) is 9.52. The molecule has 1 aromatic heterocycles. The van der Waals surface area contributed by atoms with E-state index in [1.807, 2.05) is 11.9 Å². The van der Waals surface area contributed by atoms with E-state index < -0.39 is 4.92 Å². The van der Waals surface area contributed by atoms with E-state index in [0.717, 1.165) is 25.7 Å². The average Bonchev–Trinajstić information content (AvgIpc) is 2.46. The van der Waals surface area contributed by atoms with Crippen LogP contribution >= 0.6 is 0 Å². The Bertz CT molecular complexity index is 546. The lowest BCUT2D eigenvalue weighted by Crippen LogP contribution is -2.39. The second kappa shape index (κ2) is 5.84. The minimum Gasteiger partial charge on any atom is -0.357 e. The summed E-state index contributed by atoms with van der Waals surface area (Å²) in [5, 5.41) is 19.8. The molecule has 0 atom stereocenters. The van der Waals surface area contributed by atoms with E-state index in [1.165, 1.54) is 6.07 Å². The van der Waals surface area contributed by atoms with E-state index in [-0.39, 0.29) is 17.4 Å². The zero-order chi connectivity index (χ0) is 14.7. The fourth-order valence-corrected chi connectivity index (χ4v) is 2.54. The van der Waals surface area contributed by atoms with E-state index in [4.69, 9.17) is 11.0 Å². The van der Waals surface area contributed by atoms with Crippen molar-refractivity contribution >= 4 is 11.5 Å². The van der Waals surface area contributed by atoms with Crippen LogP contribution < -0.4 is 10.6 Å². The van der Waals surface area contributed by atoms with Crippen molar-refractivity contribution in [2.75, 3.05) is 11.9 Å². The summed E-state index contributed by atoms with van der Waals surface area (Å²) in [5.74, 6) is 0.590. The molecule has 0 aromatic carbocycles. The molecule has 106 valence electrons. The summed E-state index contributed by atoms with van der Waals surface area (Å²) in [5.41, 5.74) is 5.48. The molecule has 0 unspecified atom stereocenters. The molecule has 1 aliphatic carbocycles. The Balaban J connectivity index is 2.20. The molecule has 0 aliphatic heterocycles. The largest absolute Gasteiger partial charge is 0.357 e. The molecular formula is C13H17N5O2. The molecule has 1 aromatic rings. The van der Waals surface area contributed by atoms with Crippen LogP contribution in [0.15, 0.2) is 12.1 Å². The number of aromatic nitrogens is 1. The highest BCUT2D eigenvalue weighted by atomic mass is 16.6. The SMILES string of the molecule is CN(c1ccc([N+](=O)[O-])c(C#N)n1)C1CCC(N)CC1. The third kappa shape index (κ3) is 2.86. The van der Waals surface area contributed by atoms with Gasteiger partial charge in [-0.05, 0) is 31.7 Å². The summed E-state index contributed by atoms with van der Waals surface area (Å²) in [6, 6.07) is 5.29. The summed E-state index contributed by atoms with van der Waals surface area (Å²) < 4.78 is 0. The number of hydrogen-bond acceptors (Lipinski definition) is 6. The number of nitrogens with two attached hydrogens (primary N) is 1. The van der Waals surface area contributed by atoms with Crippen LogP contribution in [0.5, 0.6) is 0 Å². The molecule has 20 heavy (non-hydrogen) atoms. The number of nitrogens with zero attached hydrogens (tertiary/aromatic N) is 4. The van der Waals surface area contributed by atoms with Crippen molar-refractivity contribution in [3.05, 3.63) is 27.9 Å². The van der Waals surface area contributed by atoms with E-state index in [0.29, 0.717) is 11.9 Å². The molecule has 1 heterocycles. The van der Waals surface area contributed by atoms with Gasteiger partial charge < -0.3 is 10.6 Å². The van der Waals surface area contributed by atoms with Gasteiger partial charge in [-0.25, -0.2) is 4.98 Å². The van der Waals surface area contributed by atoms with Crippen molar-refractivity contribution in [2.45, 2.75) is 37.8 Å². The first-order valence-corrected chi connectivity index (χ1v) is 6.57. The van der Waals surface area contributed by atoms with E-state index in [9.17, 15) is 10.1 Å². The number of rotatable bonds is 3. The van der Waals surface area contributed by atoms with Gasteiger partial charge >= 0.3 is 5.69 Å². The second-order valence-electron chi connectivity index (χ2n) is 5.09. The van der Waals surface area contributed by atoms with Crippen molar-refractivity contribution < 1.29 is 4.92 Å². The molecule has 0 bridgehead atoms. The van der Waals surface area contributed by atoms with Crippen LogP contribution in [0, 0.1) is 21.4 Å². The van der Waals surface area contributed by atoms with Crippen LogP contribution in [-0.4, -0.2) is 29.0 Å². The standard InChI is InChI=1S/C13H17N5O2/c1-17(10-4-2-9(15)3-5-10)13-7-6-12(18(19)20)11(8-14)16-13/h6-7,9-10H,2-5,15H2,1H3. The van der Waals surface area contributed by atoms with Gasteiger partial charge in [0.2, 0.25) is 5.69 Å². The van der Waals surface area contributed by atoms with Crippen molar-refractivity contribution in [2.24, 2.45) is 5.73 Å². The molecule has 0 amide bonds. The number of nitro groups is 1. The molecule has 1 saturated carbocycles. The predicted octanol–water partition coefficient (Wildman–Crippen LogP) is 1.57. The summed E-state index contributed by atoms with van der Waals surface area (Å²) in [4.78, 5) is 16.3. The van der Waals surface area contributed by atoms with Gasteiger partial charge in [0, 0.05) is 25.2 Å². The van der Waals surface area contributed by atoms with Crippen LogP contribution in [0.4, 0.5) is 11.5 Å². The summed E-state index contributed by atoms with van der Waals surface area (Å²) >= 11 is 0. The molecule has 0 radical (unpaired) electrons. The first kappa shape index (κ1) is 14.2. The maximum absolute atomic E-state index is 10.8. The Hall–Kier alpha value is -2.20. The van der Waals surface area contributed by atoms with Gasteiger partial charge in [-0.1, -0.05) is 0 Å². The molecule has 1 fully saturated rings. The molecule has 2 N–H and O–H groups in total. The highest BCUT2D eigenvalue weighted by Gasteiger charge is 2.24. The van der Waals surface area contributed by atoms with Gasteiger partial charge in [-0.2, -0.15) is 5.26 Å². The molecule has 7 nitrogen and oxygen atoms in total.